The van der Waals surface area contributed by atoms with E-state index in [2.05, 4.69) is 28.3 Å². The zero-order chi connectivity index (χ0) is 19.6. The van der Waals surface area contributed by atoms with Crippen LogP contribution in [0.4, 0.5) is 0 Å². The zero-order valence-corrected chi connectivity index (χ0v) is 14.8. The molecule has 0 bridgehead atoms. The Hall–Kier alpha value is -2.05. The molecule has 2 amide bonds. The molecule has 0 aliphatic heterocycles. The lowest BCUT2D eigenvalue weighted by atomic mass is 10.1. The molecule has 0 spiro atoms. The van der Waals surface area contributed by atoms with Crippen molar-refractivity contribution in [2.75, 3.05) is 12.3 Å². The number of thiol groups is 1. The second kappa shape index (κ2) is 11.5. The first-order chi connectivity index (χ1) is 11.6. The molecule has 10 N–H and O–H groups in total. The van der Waals surface area contributed by atoms with E-state index in [1.54, 1.807) is 0 Å². The Morgan fingerprint density at radius 2 is 1.72 bits per heavy atom. The number of hydrogen-bond donors (Lipinski definition) is 8. The molecule has 144 valence electrons. The van der Waals surface area contributed by atoms with E-state index in [1.165, 1.54) is 6.92 Å². The first-order valence-electron chi connectivity index (χ1n) is 7.53. The maximum atomic E-state index is 12.3. The third kappa shape index (κ3) is 9.12. The molecule has 25 heavy (non-hydrogen) atoms. The number of carbonyl (C=O) groups is 3. The third-order valence-electron chi connectivity index (χ3n) is 3.20. The van der Waals surface area contributed by atoms with Crippen LogP contribution in [0, 0.1) is 0 Å². The van der Waals surface area contributed by atoms with Gasteiger partial charge in [-0.2, -0.15) is 12.6 Å². The average molecular weight is 378 g/mol. The summed E-state index contributed by atoms with van der Waals surface area (Å²) in [6, 6.07) is -3.50. The van der Waals surface area contributed by atoms with Crippen LogP contribution in [0.5, 0.6) is 0 Å². The van der Waals surface area contributed by atoms with Gasteiger partial charge in [0.15, 0.2) is 5.96 Å². The van der Waals surface area contributed by atoms with Gasteiger partial charge in [0.1, 0.15) is 18.1 Å². The molecule has 0 rings (SSSR count). The number of amides is 2. The highest BCUT2D eigenvalue weighted by Gasteiger charge is 2.28. The lowest BCUT2D eigenvalue weighted by Crippen LogP contribution is -2.56. The van der Waals surface area contributed by atoms with Crippen LogP contribution in [0.3, 0.4) is 0 Å². The fourth-order valence-electron chi connectivity index (χ4n) is 1.72. The molecule has 0 saturated carbocycles. The number of aliphatic carboxylic acids is 1. The highest BCUT2D eigenvalue weighted by molar-refractivity contribution is 7.80. The minimum Gasteiger partial charge on any atom is -0.480 e. The lowest BCUT2D eigenvalue weighted by Gasteiger charge is -2.23. The molecule has 0 aromatic rings. The molecule has 11 nitrogen and oxygen atoms in total. The van der Waals surface area contributed by atoms with E-state index in [-0.39, 0.29) is 24.7 Å². The van der Waals surface area contributed by atoms with Gasteiger partial charge >= 0.3 is 5.97 Å². The number of nitrogens with zero attached hydrogens (tertiary/aromatic N) is 1. The average Bonchev–Trinajstić information content (AvgIpc) is 2.53. The molecular formula is C13H26N6O5S. The summed E-state index contributed by atoms with van der Waals surface area (Å²) in [4.78, 5) is 39.0. The number of aliphatic hydroxyl groups excluding tert-OH is 1. The van der Waals surface area contributed by atoms with Crippen LogP contribution >= 0.6 is 12.6 Å². The van der Waals surface area contributed by atoms with Crippen LogP contribution < -0.4 is 27.8 Å². The number of aliphatic imine (C=N–C) groups is 1. The van der Waals surface area contributed by atoms with Crippen LogP contribution in [-0.4, -0.2) is 70.5 Å². The van der Waals surface area contributed by atoms with Gasteiger partial charge in [-0.05, 0) is 19.8 Å². The molecule has 0 aromatic heterocycles. The number of hydrogen-bond acceptors (Lipinski definition) is 7. The van der Waals surface area contributed by atoms with E-state index in [0.717, 1.165) is 0 Å². The molecule has 0 aliphatic rings. The Bertz CT molecular complexity index is 497. The summed E-state index contributed by atoms with van der Waals surface area (Å²) in [5.74, 6) is -2.94. The molecule has 0 heterocycles. The summed E-state index contributed by atoms with van der Waals surface area (Å²) in [5.41, 5.74) is 15.9. The topological polar surface area (TPSA) is 206 Å². The monoisotopic (exact) mass is 378 g/mol. The van der Waals surface area contributed by atoms with E-state index in [9.17, 15) is 19.5 Å². The van der Waals surface area contributed by atoms with Crippen molar-refractivity contribution in [1.29, 1.82) is 0 Å². The number of rotatable bonds is 11. The summed E-state index contributed by atoms with van der Waals surface area (Å²) >= 11 is 3.85. The fraction of sp³-hybridized carbons (Fsp3) is 0.692. The van der Waals surface area contributed by atoms with Gasteiger partial charge in [0.2, 0.25) is 11.8 Å². The quantitative estimate of drug-likeness (QED) is 0.0790. The fourth-order valence-corrected chi connectivity index (χ4v) is 1.96. The van der Waals surface area contributed by atoms with Crippen molar-refractivity contribution in [2.24, 2.45) is 22.2 Å². The van der Waals surface area contributed by atoms with E-state index in [4.69, 9.17) is 22.3 Å². The Balaban J connectivity index is 4.97. The van der Waals surface area contributed by atoms with E-state index >= 15 is 0 Å². The molecule has 4 atom stereocenters. The first-order valence-corrected chi connectivity index (χ1v) is 8.16. The number of nitrogens with one attached hydrogen (secondary N) is 2. The highest BCUT2D eigenvalue weighted by atomic mass is 32.1. The van der Waals surface area contributed by atoms with Gasteiger partial charge in [0.05, 0.1) is 6.10 Å². The van der Waals surface area contributed by atoms with Crippen molar-refractivity contribution in [3.8, 4) is 0 Å². The molecule has 0 saturated heterocycles. The van der Waals surface area contributed by atoms with Crippen molar-refractivity contribution in [2.45, 2.75) is 44.0 Å². The molecular weight excluding hydrogens is 352 g/mol. The van der Waals surface area contributed by atoms with Gasteiger partial charge in [0, 0.05) is 12.3 Å². The Morgan fingerprint density at radius 1 is 1.16 bits per heavy atom. The summed E-state index contributed by atoms with van der Waals surface area (Å²) in [6.45, 7) is 1.55. The molecule has 4 unspecified atom stereocenters. The maximum Gasteiger partial charge on any atom is 0.327 e. The van der Waals surface area contributed by atoms with Crippen molar-refractivity contribution in [3.63, 3.8) is 0 Å². The Kier molecular flexibility index (Phi) is 10.6. The Labute approximate surface area is 150 Å². The largest absolute Gasteiger partial charge is 0.480 e. The SMILES string of the molecule is CC(O)C(N)C(=O)NC(CCCN=C(N)N)C(=O)NC(CS)C(=O)O. The van der Waals surface area contributed by atoms with Gasteiger partial charge in [-0.3, -0.25) is 14.6 Å². The van der Waals surface area contributed by atoms with Crippen LogP contribution in [0.15, 0.2) is 4.99 Å². The van der Waals surface area contributed by atoms with E-state index in [0.29, 0.717) is 6.42 Å². The van der Waals surface area contributed by atoms with Crippen LogP contribution in [0.25, 0.3) is 0 Å². The number of guanidine groups is 1. The number of carboxylic acids is 1. The van der Waals surface area contributed by atoms with Gasteiger partial charge in [0.25, 0.3) is 0 Å². The second-order valence-electron chi connectivity index (χ2n) is 5.36. The molecule has 0 aromatic carbocycles. The van der Waals surface area contributed by atoms with Crippen molar-refractivity contribution in [3.05, 3.63) is 0 Å². The lowest BCUT2D eigenvalue weighted by molar-refractivity contribution is -0.141. The normalized spacial score (nSPS) is 15.4. The van der Waals surface area contributed by atoms with Gasteiger partial charge in [-0.1, -0.05) is 0 Å². The third-order valence-corrected chi connectivity index (χ3v) is 3.56. The minimum atomic E-state index is -1.25. The van der Waals surface area contributed by atoms with Crippen molar-refractivity contribution in [1.82, 2.24) is 10.6 Å². The summed E-state index contributed by atoms with van der Waals surface area (Å²) in [6.07, 6.45) is -0.631. The van der Waals surface area contributed by atoms with Crippen molar-refractivity contribution >= 4 is 36.4 Å². The van der Waals surface area contributed by atoms with Gasteiger partial charge < -0.3 is 38.0 Å². The van der Waals surface area contributed by atoms with Gasteiger partial charge in [-0.25, -0.2) is 4.79 Å². The Morgan fingerprint density at radius 3 is 2.16 bits per heavy atom. The number of aliphatic hydroxyl groups is 1. The number of carbonyl (C=O) groups excluding carboxylic acids is 2. The number of nitrogens with two attached hydrogens (primary N) is 3. The molecule has 0 radical (unpaired) electrons. The second-order valence-corrected chi connectivity index (χ2v) is 5.72. The summed E-state index contributed by atoms with van der Waals surface area (Å²) in [5, 5.41) is 23.0. The predicted octanol–water partition coefficient (Wildman–Crippen LogP) is -3.27. The minimum absolute atomic E-state index is 0.109. The van der Waals surface area contributed by atoms with E-state index < -0.39 is 42.0 Å². The van der Waals surface area contributed by atoms with Gasteiger partial charge in [-0.15, -0.1) is 0 Å². The summed E-state index contributed by atoms with van der Waals surface area (Å²) in [7, 11) is 0. The molecule has 12 heteroatoms. The summed E-state index contributed by atoms with van der Waals surface area (Å²) < 4.78 is 0. The van der Waals surface area contributed by atoms with Crippen LogP contribution in [0.1, 0.15) is 19.8 Å². The first kappa shape index (κ1) is 22.9. The predicted molar refractivity (Wildman–Crippen MR) is 94.9 cm³/mol. The standard InChI is InChI=1S/C13H26N6O5S/c1-6(20)9(14)11(22)18-7(3-2-4-17-13(15)16)10(21)19-8(5-25)12(23)24/h6-9,20,25H,2-5,14H2,1H3,(H,18,22)(H,19,21)(H,23,24)(H4,15,16,17). The zero-order valence-electron chi connectivity index (χ0n) is 13.9. The van der Waals surface area contributed by atoms with Crippen molar-refractivity contribution < 1.29 is 24.6 Å². The molecule has 0 aliphatic carbocycles. The number of carboxylic acid groups (broad SMARTS) is 1. The van der Waals surface area contributed by atoms with Crippen LogP contribution in [0.2, 0.25) is 0 Å². The van der Waals surface area contributed by atoms with Crippen LogP contribution in [-0.2, 0) is 14.4 Å². The van der Waals surface area contributed by atoms with E-state index in [1.807, 2.05) is 0 Å². The molecule has 0 fully saturated rings. The highest BCUT2D eigenvalue weighted by Crippen LogP contribution is 2.02. The smallest absolute Gasteiger partial charge is 0.327 e. The maximum absolute atomic E-state index is 12.3.